The lowest BCUT2D eigenvalue weighted by Gasteiger charge is -2.23. The number of aliphatic carboxylic acids is 1. The van der Waals surface area contributed by atoms with Crippen LogP contribution >= 0.6 is 0 Å². The van der Waals surface area contributed by atoms with E-state index in [9.17, 15) is 4.79 Å². The molecule has 0 saturated heterocycles. The minimum Gasteiger partial charge on any atom is -0.480 e. The molecule has 0 radical (unpaired) electrons. The van der Waals surface area contributed by atoms with E-state index >= 15 is 0 Å². The van der Waals surface area contributed by atoms with Gasteiger partial charge in [0.15, 0.2) is 0 Å². The number of hydrogen-bond acceptors (Lipinski definition) is 3. The number of nitrogens with zero attached hydrogens (tertiary/aromatic N) is 1. The minimum absolute atomic E-state index is 0.0469. The van der Waals surface area contributed by atoms with Crippen molar-refractivity contribution < 1.29 is 9.90 Å². The van der Waals surface area contributed by atoms with E-state index in [1.807, 2.05) is 14.1 Å². The number of rotatable bonds is 7. The van der Waals surface area contributed by atoms with Gasteiger partial charge in [0, 0.05) is 12.6 Å². The SMILES string of the molecule is CC(C)CC(CN(C)C)NCC(=O)O. The monoisotopic (exact) mass is 202 g/mol. The second-order valence-electron chi connectivity index (χ2n) is 4.36. The molecule has 0 bridgehead atoms. The number of carboxylic acids is 1. The number of likely N-dealkylation sites (N-methyl/N-ethyl adjacent to an activating group) is 1. The number of nitrogens with one attached hydrogen (secondary N) is 1. The quantitative estimate of drug-likeness (QED) is 0.636. The van der Waals surface area contributed by atoms with Crippen LogP contribution in [0.4, 0.5) is 0 Å². The fraction of sp³-hybridized carbons (Fsp3) is 0.900. The van der Waals surface area contributed by atoms with Gasteiger partial charge in [0.05, 0.1) is 6.54 Å². The molecule has 0 aliphatic heterocycles. The van der Waals surface area contributed by atoms with Crippen molar-refractivity contribution in [3.63, 3.8) is 0 Å². The van der Waals surface area contributed by atoms with Crippen molar-refractivity contribution in [2.75, 3.05) is 27.2 Å². The van der Waals surface area contributed by atoms with E-state index < -0.39 is 5.97 Å². The largest absolute Gasteiger partial charge is 0.480 e. The molecule has 0 saturated carbocycles. The Bertz CT molecular complexity index is 160. The van der Waals surface area contributed by atoms with Gasteiger partial charge in [0.2, 0.25) is 0 Å². The van der Waals surface area contributed by atoms with Gasteiger partial charge in [-0.1, -0.05) is 13.8 Å². The molecule has 0 rings (SSSR count). The van der Waals surface area contributed by atoms with Crippen LogP contribution in [0.1, 0.15) is 20.3 Å². The second kappa shape index (κ2) is 6.79. The van der Waals surface area contributed by atoms with Crippen LogP contribution in [0, 0.1) is 5.92 Å². The van der Waals surface area contributed by atoms with Gasteiger partial charge >= 0.3 is 5.97 Å². The summed E-state index contributed by atoms with van der Waals surface area (Å²) >= 11 is 0. The molecule has 1 unspecified atom stereocenters. The lowest BCUT2D eigenvalue weighted by Crippen LogP contribution is -2.41. The summed E-state index contributed by atoms with van der Waals surface area (Å²) in [6.45, 7) is 5.22. The molecule has 1 atom stereocenters. The normalized spacial score (nSPS) is 13.6. The van der Waals surface area contributed by atoms with Gasteiger partial charge in [-0.3, -0.25) is 4.79 Å². The van der Waals surface area contributed by atoms with E-state index in [2.05, 4.69) is 24.1 Å². The Morgan fingerprint density at radius 1 is 1.43 bits per heavy atom. The van der Waals surface area contributed by atoms with Crippen molar-refractivity contribution in [3.8, 4) is 0 Å². The summed E-state index contributed by atoms with van der Waals surface area (Å²) in [5.74, 6) is -0.209. The van der Waals surface area contributed by atoms with E-state index in [4.69, 9.17) is 5.11 Å². The zero-order valence-electron chi connectivity index (χ0n) is 9.58. The van der Waals surface area contributed by atoms with Crippen LogP contribution in [0.3, 0.4) is 0 Å². The van der Waals surface area contributed by atoms with E-state index in [1.54, 1.807) is 0 Å². The summed E-state index contributed by atoms with van der Waals surface area (Å²) in [7, 11) is 3.99. The summed E-state index contributed by atoms with van der Waals surface area (Å²) < 4.78 is 0. The molecule has 0 aromatic heterocycles. The van der Waals surface area contributed by atoms with Gasteiger partial charge in [0.1, 0.15) is 0 Å². The van der Waals surface area contributed by atoms with Gasteiger partial charge in [0.25, 0.3) is 0 Å². The highest BCUT2D eigenvalue weighted by Gasteiger charge is 2.12. The fourth-order valence-electron chi connectivity index (χ4n) is 1.46. The number of carbonyl (C=O) groups is 1. The molecular formula is C10H22N2O2. The predicted molar refractivity (Wildman–Crippen MR) is 57.4 cm³/mol. The second-order valence-corrected chi connectivity index (χ2v) is 4.36. The maximum Gasteiger partial charge on any atom is 0.317 e. The molecule has 4 heteroatoms. The third-order valence-electron chi connectivity index (χ3n) is 1.88. The minimum atomic E-state index is -0.794. The Hall–Kier alpha value is -0.610. The van der Waals surface area contributed by atoms with Crippen LogP contribution < -0.4 is 5.32 Å². The van der Waals surface area contributed by atoms with Crippen LogP contribution in [-0.2, 0) is 4.79 Å². The Labute approximate surface area is 86.3 Å². The van der Waals surface area contributed by atoms with E-state index in [0.717, 1.165) is 13.0 Å². The molecule has 0 spiro atoms. The Morgan fingerprint density at radius 3 is 2.36 bits per heavy atom. The summed E-state index contributed by atoms with van der Waals surface area (Å²) in [5, 5.41) is 11.6. The van der Waals surface area contributed by atoms with Crippen LogP contribution in [0.15, 0.2) is 0 Å². The van der Waals surface area contributed by atoms with Crippen molar-refractivity contribution in [1.82, 2.24) is 10.2 Å². The molecule has 4 nitrogen and oxygen atoms in total. The molecule has 0 fully saturated rings. The summed E-state index contributed by atoms with van der Waals surface area (Å²) in [4.78, 5) is 12.5. The molecule has 0 aliphatic rings. The van der Waals surface area contributed by atoms with Crippen LogP contribution in [0.2, 0.25) is 0 Å². The highest BCUT2D eigenvalue weighted by molar-refractivity contribution is 5.69. The average Bonchev–Trinajstić information content (AvgIpc) is 1.97. The topological polar surface area (TPSA) is 52.6 Å². The van der Waals surface area contributed by atoms with E-state index in [-0.39, 0.29) is 12.6 Å². The van der Waals surface area contributed by atoms with Gasteiger partial charge in [-0.25, -0.2) is 0 Å². The third kappa shape index (κ3) is 8.01. The molecule has 0 aromatic rings. The molecular weight excluding hydrogens is 180 g/mol. The lowest BCUT2D eigenvalue weighted by molar-refractivity contribution is -0.136. The van der Waals surface area contributed by atoms with Crippen molar-refractivity contribution in [1.29, 1.82) is 0 Å². The highest BCUT2D eigenvalue weighted by atomic mass is 16.4. The first-order chi connectivity index (χ1) is 6.41. The molecule has 0 amide bonds. The number of carboxylic acid groups (broad SMARTS) is 1. The smallest absolute Gasteiger partial charge is 0.317 e. The van der Waals surface area contributed by atoms with Gasteiger partial charge < -0.3 is 15.3 Å². The maximum atomic E-state index is 10.4. The molecule has 2 N–H and O–H groups in total. The third-order valence-corrected chi connectivity index (χ3v) is 1.88. The Morgan fingerprint density at radius 2 is 2.00 bits per heavy atom. The van der Waals surface area contributed by atoms with Crippen LogP contribution in [-0.4, -0.2) is 49.2 Å². The predicted octanol–water partition coefficient (Wildman–Crippen LogP) is 0.637. The molecule has 84 valence electrons. The van der Waals surface area contributed by atoms with E-state index in [0.29, 0.717) is 5.92 Å². The molecule has 0 aromatic carbocycles. The fourth-order valence-corrected chi connectivity index (χ4v) is 1.46. The first kappa shape index (κ1) is 13.4. The first-order valence-electron chi connectivity index (χ1n) is 5.01. The first-order valence-corrected chi connectivity index (χ1v) is 5.01. The average molecular weight is 202 g/mol. The summed E-state index contributed by atoms with van der Waals surface area (Å²) in [6.07, 6.45) is 1.01. The molecule has 0 heterocycles. The number of hydrogen-bond donors (Lipinski definition) is 2. The van der Waals surface area contributed by atoms with Gasteiger partial charge in [-0.2, -0.15) is 0 Å². The molecule has 0 aliphatic carbocycles. The van der Waals surface area contributed by atoms with Crippen molar-refractivity contribution in [2.24, 2.45) is 5.92 Å². The summed E-state index contributed by atoms with van der Waals surface area (Å²) in [6, 6.07) is 0.265. The zero-order chi connectivity index (χ0) is 11.1. The van der Waals surface area contributed by atoms with Crippen molar-refractivity contribution in [2.45, 2.75) is 26.3 Å². The van der Waals surface area contributed by atoms with Crippen molar-refractivity contribution >= 4 is 5.97 Å². The lowest BCUT2D eigenvalue weighted by atomic mass is 10.0. The summed E-state index contributed by atoms with van der Waals surface area (Å²) in [5.41, 5.74) is 0. The maximum absolute atomic E-state index is 10.4. The van der Waals surface area contributed by atoms with Gasteiger partial charge in [-0.15, -0.1) is 0 Å². The Kier molecular flexibility index (Phi) is 6.49. The zero-order valence-corrected chi connectivity index (χ0v) is 9.58. The highest BCUT2D eigenvalue weighted by Crippen LogP contribution is 2.05. The van der Waals surface area contributed by atoms with Gasteiger partial charge in [-0.05, 0) is 26.4 Å². The molecule has 14 heavy (non-hydrogen) atoms. The van der Waals surface area contributed by atoms with Crippen LogP contribution in [0.25, 0.3) is 0 Å². The Balaban J connectivity index is 3.90. The standard InChI is InChI=1S/C10H22N2O2/c1-8(2)5-9(7-12(3)4)11-6-10(13)14/h8-9,11H,5-7H2,1-4H3,(H,13,14). The van der Waals surface area contributed by atoms with Crippen molar-refractivity contribution in [3.05, 3.63) is 0 Å². The van der Waals surface area contributed by atoms with E-state index in [1.165, 1.54) is 0 Å². The van der Waals surface area contributed by atoms with Crippen LogP contribution in [0.5, 0.6) is 0 Å².